The van der Waals surface area contributed by atoms with E-state index in [-0.39, 0.29) is 43.2 Å². The van der Waals surface area contributed by atoms with Crippen LogP contribution in [0, 0.1) is 0 Å². The highest BCUT2D eigenvalue weighted by Gasteiger charge is 2.17. The Morgan fingerprint density at radius 2 is 1.43 bits per heavy atom. The molecule has 0 aliphatic carbocycles. The van der Waals surface area contributed by atoms with Crippen molar-refractivity contribution in [3.63, 3.8) is 0 Å². The van der Waals surface area contributed by atoms with Crippen molar-refractivity contribution in [2.75, 3.05) is 6.54 Å². The molecule has 0 unspecified atom stereocenters. The summed E-state index contributed by atoms with van der Waals surface area (Å²) in [4.78, 5) is 34.5. The third-order valence-corrected chi connectivity index (χ3v) is 2.16. The Hall–Kier alpha value is -1.59. The van der Waals surface area contributed by atoms with Gasteiger partial charge in [0.05, 0.1) is 6.42 Å². The molecular formula is C15H28N2O4. The fraction of sp³-hybridized carbons (Fsp3) is 0.800. The van der Waals surface area contributed by atoms with Crippen LogP contribution < -0.4 is 10.6 Å². The largest absolute Gasteiger partial charge is 0.460 e. The van der Waals surface area contributed by atoms with Crippen LogP contribution in [0.25, 0.3) is 0 Å². The van der Waals surface area contributed by atoms with Crippen LogP contribution in [0.4, 0.5) is 0 Å². The molecule has 0 saturated carbocycles. The smallest absolute Gasteiger partial charge is 0.306 e. The second-order valence-corrected chi connectivity index (χ2v) is 6.98. The number of hydrogen-bond donors (Lipinski definition) is 2. The second-order valence-electron chi connectivity index (χ2n) is 6.98. The molecule has 2 N–H and O–H groups in total. The van der Waals surface area contributed by atoms with Crippen molar-refractivity contribution in [1.82, 2.24) is 10.6 Å². The molecule has 0 aromatic carbocycles. The predicted octanol–water partition coefficient (Wildman–Crippen LogP) is 1.53. The number of amides is 2. The minimum atomic E-state index is -0.543. The van der Waals surface area contributed by atoms with Crippen molar-refractivity contribution >= 4 is 17.8 Å². The number of hydrogen-bond acceptors (Lipinski definition) is 4. The van der Waals surface area contributed by atoms with E-state index >= 15 is 0 Å². The van der Waals surface area contributed by atoms with Crippen molar-refractivity contribution in [3.05, 3.63) is 0 Å². The Balaban J connectivity index is 3.82. The summed E-state index contributed by atoms with van der Waals surface area (Å²) >= 11 is 0. The summed E-state index contributed by atoms with van der Waals surface area (Å²) in [5.41, 5.74) is -0.823. The molecule has 0 aliphatic rings. The van der Waals surface area contributed by atoms with E-state index in [9.17, 15) is 14.4 Å². The maximum Gasteiger partial charge on any atom is 0.306 e. The van der Waals surface area contributed by atoms with Crippen molar-refractivity contribution in [1.29, 1.82) is 0 Å². The Morgan fingerprint density at radius 3 is 1.90 bits per heavy atom. The lowest BCUT2D eigenvalue weighted by molar-refractivity contribution is -0.155. The number of esters is 1. The first kappa shape index (κ1) is 19.4. The van der Waals surface area contributed by atoms with Gasteiger partial charge in [0.25, 0.3) is 0 Å². The van der Waals surface area contributed by atoms with E-state index in [1.807, 2.05) is 20.8 Å². The first-order valence-electron chi connectivity index (χ1n) is 7.18. The van der Waals surface area contributed by atoms with Crippen molar-refractivity contribution < 1.29 is 19.1 Å². The molecule has 2 amide bonds. The number of rotatable bonds is 6. The maximum absolute atomic E-state index is 11.5. The molecule has 6 nitrogen and oxygen atoms in total. The van der Waals surface area contributed by atoms with Crippen LogP contribution in [-0.4, -0.2) is 35.5 Å². The van der Waals surface area contributed by atoms with Crippen LogP contribution in [0.1, 0.15) is 60.8 Å². The molecule has 0 radical (unpaired) electrons. The van der Waals surface area contributed by atoms with Gasteiger partial charge in [0.2, 0.25) is 11.8 Å². The highest BCUT2D eigenvalue weighted by atomic mass is 16.6. The fourth-order valence-electron chi connectivity index (χ4n) is 1.49. The van der Waals surface area contributed by atoms with Gasteiger partial charge >= 0.3 is 5.97 Å². The lowest BCUT2D eigenvalue weighted by Crippen LogP contribution is -2.42. The highest BCUT2D eigenvalue weighted by Crippen LogP contribution is 2.09. The molecule has 0 aromatic rings. The van der Waals surface area contributed by atoms with Gasteiger partial charge in [-0.1, -0.05) is 0 Å². The highest BCUT2D eigenvalue weighted by molar-refractivity contribution is 5.82. The summed E-state index contributed by atoms with van der Waals surface area (Å²) < 4.78 is 5.10. The molecule has 0 saturated heterocycles. The molecule has 0 heterocycles. The third kappa shape index (κ3) is 13.2. The summed E-state index contributed by atoms with van der Waals surface area (Å²) in [6.45, 7) is 11.3. The van der Waals surface area contributed by atoms with Gasteiger partial charge < -0.3 is 15.4 Å². The standard InChI is InChI=1S/C15H28N2O4/c1-14(2,3)17-12(19)9-10-16-11(18)7-8-13(20)21-15(4,5)6/h7-10H2,1-6H3,(H,16,18)(H,17,19). The number of carbonyl (C=O) groups is 3. The van der Waals surface area contributed by atoms with Gasteiger partial charge in [-0.25, -0.2) is 0 Å². The van der Waals surface area contributed by atoms with Crippen LogP contribution in [0.2, 0.25) is 0 Å². The van der Waals surface area contributed by atoms with Gasteiger partial charge in [0.1, 0.15) is 5.60 Å². The van der Waals surface area contributed by atoms with E-state index in [1.165, 1.54) is 0 Å². The van der Waals surface area contributed by atoms with Crippen LogP contribution in [-0.2, 0) is 19.1 Å². The van der Waals surface area contributed by atoms with Crippen LogP contribution in [0.3, 0.4) is 0 Å². The average molecular weight is 300 g/mol. The summed E-state index contributed by atoms with van der Waals surface area (Å²) in [5, 5.41) is 5.41. The SMILES string of the molecule is CC(C)(C)NC(=O)CCNC(=O)CCC(=O)OC(C)(C)C. The van der Waals surface area contributed by atoms with Crippen molar-refractivity contribution in [3.8, 4) is 0 Å². The normalized spacial score (nSPS) is 11.7. The Labute approximate surface area is 127 Å². The van der Waals surface area contributed by atoms with Crippen LogP contribution in [0.5, 0.6) is 0 Å². The Morgan fingerprint density at radius 1 is 0.857 bits per heavy atom. The van der Waals surface area contributed by atoms with Gasteiger partial charge in [-0.05, 0) is 41.5 Å². The summed E-state index contributed by atoms with van der Waals surface area (Å²) in [6.07, 6.45) is 0.322. The zero-order valence-corrected chi connectivity index (χ0v) is 14.0. The first-order chi connectivity index (χ1) is 9.39. The van der Waals surface area contributed by atoms with Gasteiger partial charge in [-0.2, -0.15) is 0 Å². The first-order valence-corrected chi connectivity index (χ1v) is 7.18. The molecule has 0 fully saturated rings. The predicted molar refractivity (Wildman–Crippen MR) is 80.6 cm³/mol. The topological polar surface area (TPSA) is 84.5 Å². The monoisotopic (exact) mass is 300 g/mol. The molecule has 0 spiro atoms. The minimum Gasteiger partial charge on any atom is -0.460 e. The Kier molecular flexibility index (Phi) is 7.39. The number of nitrogens with one attached hydrogen (secondary N) is 2. The lowest BCUT2D eigenvalue weighted by Gasteiger charge is -2.20. The van der Waals surface area contributed by atoms with E-state index in [0.29, 0.717) is 0 Å². The molecule has 0 bridgehead atoms. The zero-order valence-electron chi connectivity index (χ0n) is 14.0. The van der Waals surface area contributed by atoms with E-state index < -0.39 is 11.6 Å². The van der Waals surface area contributed by atoms with Crippen molar-refractivity contribution in [2.24, 2.45) is 0 Å². The van der Waals surface area contributed by atoms with E-state index in [2.05, 4.69) is 10.6 Å². The second kappa shape index (κ2) is 8.00. The average Bonchev–Trinajstić information content (AvgIpc) is 2.21. The quantitative estimate of drug-likeness (QED) is 0.729. The van der Waals surface area contributed by atoms with Crippen LogP contribution in [0.15, 0.2) is 0 Å². The number of ether oxygens (including phenoxy) is 1. The molecule has 21 heavy (non-hydrogen) atoms. The van der Waals surface area contributed by atoms with Gasteiger partial charge in [-0.3, -0.25) is 14.4 Å². The molecule has 0 aromatic heterocycles. The van der Waals surface area contributed by atoms with E-state index in [1.54, 1.807) is 20.8 Å². The molecule has 0 atom stereocenters. The number of carbonyl (C=O) groups excluding carboxylic acids is 3. The molecular weight excluding hydrogens is 272 g/mol. The molecule has 0 aliphatic heterocycles. The van der Waals surface area contributed by atoms with E-state index in [0.717, 1.165) is 0 Å². The van der Waals surface area contributed by atoms with E-state index in [4.69, 9.17) is 4.74 Å². The fourth-order valence-corrected chi connectivity index (χ4v) is 1.49. The van der Waals surface area contributed by atoms with Gasteiger partial charge in [0.15, 0.2) is 0 Å². The minimum absolute atomic E-state index is 0.0390. The molecule has 6 heteroatoms. The maximum atomic E-state index is 11.5. The molecule has 122 valence electrons. The summed E-state index contributed by atoms with van der Waals surface area (Å²) in [6, 6.07) is 0. The lowest BCUT2D eigenvalue weighted by atomic mass is 10.1. The van der Waals surface area contributed by atoms with Crippen LogP contribution >= 0.6 is 0 Å². The van der Waals surface area contributed by atoms with Gasteiger partial charge in [0, 0.05) is 24.9 Å². The Bertz CT molecular complexity index is 378. The molecule has 0 rings (SSSR count). The zero-order chi connectivity index (χ0) is 16.7. The van der Waals surface area contributed by atoms with Crippen molar-refractivity contribution in [2.45, 2.75) is 71.9 Å². The third-order valence-electron chi connectivity index (χ3n) is 2.16. The summed E-state index contributed by atoms with van der Waals surface area (Å²) in [7, 11) is 0. The van der Waals surface area contributed by atoms with Gasteiger partial charge in [-0.15, -0.1) is 0 Å². The summed E-state index contributed by atoms with van der Waals surface area (Å²) in [5.74, 6) is -0.775.